The van der Waals surface area contributed by atoms with E-state index in [-0.39, 0.29) is 11.2 Å². The van der Waals surface area contributed by atoms with Crippen molar-refractivity contribution in [2.45, 2.75) is 24.3 Å². The first-order valence-corrected chi connectivity index (χ1v) is 8.80. The van der Waals surface area contributed by atoms with Gasteiger partial charge in [-0.3, -0.25) is 9.36 Å². The molecule has 0 fully saturated rings. The van der Waals surface area contributed by atoms with E-state index >= 15 is 0 Å². The largest absolute Gasteiger partial charge is 0.468 e. The predicted octanol–water partition coefficient (Wildman–Crippen LogP) is 3.90. The van der Waals surface area contributed by atoms with Crippen LogP contribution in [0.2, 0.25) is 0 Å². The number of hydrogen-bond donors (Lipinski definition) is 0. The van der Waals surface area contributed by atoms with Gasteiger partial charge in [0.2, 0.25) is 0 Å². The maximum absolute atomic E-state index is 11.8. The summed E-state index contributed by atoms with van der Waals surface area (Å²) in [6.07, 6.45) is 0. The second-order valence-corrected chi connectivity index (χ2v) is 6.94. The van der Waals surface area contributed by atoms with Gasteiger partial charge in [0.1, 0.15) is 5.25 Å². The van der Waals surface area contributed by atoms with Gasteiger partial charge in [0, 0.05) is 11.3 Å². The molecular weight excluding hydrogens is 334 g/mol. The molecule has 2 aromatic carbocycles. The van der Waals surface area contributed by atoms with Crippen LogP contribution in [0.15, 0.2) is 59.8 Å². The lowest BCUT2D eigenvalue weighted by Gasteiger charge is -2.12. The van der Waals surface area contributed by atoms with Crippen LogP contribution >= 0.6 is 11.8 Å². The van der Waals surface area contributed by atoms with Crippen LogP contribution in [0.3, 0.4) is 0 Å². The number of ether oxygens (including phenoxy) is 1. The van der Waals surface area contributed by atoms with Crippen molar-refractivity contribution < 1.29 is 9.53 Å². The monoisotopic (exact) mass is 353 g/mol. The first-order chi connectivity index (χ1) is 12.1. The van der Waals surface area contributed by atoms with Gasteiger partial charge in [-0.25, -0.2) is 0 Å². The predicted molar refractivity (Wildman–Crippen MR) is 98.9 cm³/mol. The fourth-order valence-electron chi connectivity index (χ4n) is 2.50. The minimum absolute atomic E-state index is 0.287. The molecule has 0 amide bonds. The van der Waals surface area contributed by atoms with Gasteiger partial charge in [-0.1, -0.05) is 53.7 Å². The van der Waals surface area contributed by atoms with Crippen LogP contribution in [0.1, 0.15) is 12.5 Å². The highest BCUT2D eigenvalue weighted by molar-refractivity contribution is 8.00. The Morgan fingerprint density at radius 3 is 2.56 bits per heavy atom. The van der Waals surface area contributed by atoms with Crippen molar-refractivity contribution >= 4 is 17.7 Å². The number of thioether (sulfide) groups is 1. The molecule has 25 heavy (non-hydrogen) atoms. The number of hydrogen-bond acceptors (Lipinski definition) is 5. The fourth-order valence-corrected chi connectivity index (χ4v) is 3.39. The third kappa shape index (κ3) is 3.74. The van der Waals surface area contributed by atoms with E-state index in [1.165, 1.54) is 18.9 Å². The summed E-state index contributed by atoms with van der Waals surface area (Å²) in [5.41, 5.74) is 3.08. The van der Waals surface area contributed by atoms with Gasteiger partial charge in [0.05, 0.1) is 7.11 Å². The molecule has 0 radical (unpaired) electrons. The van der Waals surface area contributed by atoms with Crippen molar-refractivity contribution in [1.29, 1.82) is 0 Å². The van der Waals surface area contributed by atoms with Crippen molar-refractivity contribution in [2.24, 2.45) is 0 Å². The molecule has 1 aromatic heterocycles. The summed E-state index contributed by atoms with van der Waals surface area (Å²) in [6, 6.07) is 18.0. The summed E-state index contributed by atoms with van der Waals surface area (Å²) >= 11 is 1.33. The average molecular weight is 353 g/mol. The number of aryl methyl sites for hydroxylation is 1. The second kappa shape index (κ2) is 7.53. The third-order valence-corrected chi connectivity index (χ3v) is 4.76. The Bertz CT molecular complexity index is 877. The van der Waals surface area contributed by atoms with E-state index in [2.05, 4.69) is 16.3 Å². The molecule has 3 rings (SSSR count). The number of carbonyl (C=O) groups excluding carboxylic acids is 1. The summed E-state index contributed by atoms with van der Waals surface area (Å²) in [7, 11) is 1.39. The standard InChI is InChI=1S/C19H19N3O2S/c1-13-8-7-9-15(12-13)17-20-21-19(25-14(2)18(23)24-3)22(17)16-10-5-4-6-11-16/h4-12,14H,1-3H3/t14-/m1/s1. The highest BCUT2D eigenvalue weighted by atomic mass is 32.2. The van der Waals surface area contributed by atoms with Crippen LogP contribution in [0.5, 0.6) is 0 Å². The minimum atomic E-state index is -0.373. The molecular formula is C19H19N3O2S. The molecule has 6 heteroatoms. The molecule has 0 spiro atoms. The van der Waals surface area contributed by atoms with Crippen LogP contribution in [-0.2, 0) is 9.53 Å². The highest BCUT2D eigenvalue weighted by Crippen LogP contribution is 2.30. The van der Waals surface area contributed by atoms with E-state index in [1.807, 2.05) is 60.0 Å². The summed E-state index contributed by atoms with van der Waals surface area (Å²) in [6.45, 7) is 3.84. The Balaban J connectivity index is 2.09. The SMILES string of the molecule is COC(=O)[C@@H](C)Sc1nnc(-c2cccc(C)c2)n1-c1ccccc1. The number of aromatic nitrogens is 3. The third-order valence-electron chi connectivity index (χ3n) is 3.74. The van der Waals surface area contributed by atoms with Gasteiger partial charge < -0.3 is 4.74 Å². The lowest BCUT2D eigenvalue weighted by molar-refractivity contribution is -0.139. The summed E-state index contributed by atoms with van der Waals surface area (Å²) in [5.74, 6) is 0.458. The lowest BCUT2D eigenvalue weighted by Crippen LogP contribution is -2.15. The molecule has 0 unspecified atom stereocenters. The first kappa shape index (κ1) is 17.2. The van der Waals surface area contributed by atoms with Crippen molar-refractivity contribution in [3.8, 4) is 17.1 Å². The summed E-state index contributed by atoms with van der Waals surface area (Å²) in [4.78, 5) is 11.8. The topological polar surface area (TPSA) is 57.0 Å². The van der Waals surface area contributed by atoms with Crippen LogP contribution in [0.4, 0.5) is 0 Å². The van der Waals surface area contributed by atoms with Gasteiger partial charge >= 0.3 is 5.97 Å². The zero-order valence-corrected chi connectivity index (χ0v) is 15.2. The Morgan fingerprint density at radius 2 is 1.88 bits per heavy atom. The van der Waals surface area contributed by atoms with Gasteiger partial charge in [0.15, 0.2) is 11.0 Å². The van der Waals surface area contributed by atoms with E-state index < -0.39 is 0 Å². The molecule has 0 aliphatic rings. The Morgan fingerprint density at radius 1 is 1.12 bits per heavy atom. The van der Waals surface area contributed by atoms with Crippen LogP contribution in [0.25, 0.3) is 17.1 Å². The lowest BCUT2D eigenvalue weighted by atomic mass is 10.1. The van der Waals surface area contributed by atoms with E-state index in [0.717, 1.165) is 22.6 Å². The molecule has 1 atom stereocenters. The second-order valence-electron chi connectivity index (χ2n) is 5.63. The molecule has 3 aromatic rings. The van der Waals surface area contributed by atoms with Crippen LogP contribution in [0, 0.1) is 6.92 Å². The average Bonchev–Trinajstić information content (AvgIpc) is 3.05. The zero-order valence-electron chi connectivity index (χ0n) is 14.3. The van der Waals surface area contributed by atoms with E-state index in [4.69, 9.17) is 4.74 Å². The van der Waals surface area contributed by atoms with Crippen molar-refractivity contribution in [2.75, 3.05) is 7.11 Å². The molecule has 1 heterocycles. The number of benzene rings is 2. The highest BCUT2D eigenvalue weighted by Gasteiger charge is 2.22. The number of carbonyl (C=O) groups is 1. The molecule has 0 N–H and O–H groups in total. The Kier molecular flexibility index (Phi) is 5.19. The molecule has 5 nitrogen and oxygen atoms in total. The summed E-state index contributed by atoms with van der Waals surface area (Å²) in [5, 5.41) is 8.99. The maximum atomic E-state index is 11.8. The maximum Gasteiger partial charge on any atom is 0.318 e. The van der Waals surface area contributed by atoms with Crippen molar-refractivity contribution in [3.05, 3.63) is 60.2 Å². The number of methoxy groups -OCH3 is 1. The number of rotatable bonds is 5. The van der Waals surface area contributed by atoms with Crippen molar-refractivity contribution in [3.63, 3.8) is 0 Å². The van der Waals surface area contributed by atoms with Gasteiger partial charge in [-0.2, -0.15) is 0 Å². The van der Waals surface area contributed by atoms with Crippen LogP contribution in [-0.4, -0.2) is 33.1 Å². The van der Waals surface area contributed by atoms with Crippen LogP contribution < -0.4 is 0 Å². The van der Waals surface area contributed by atoms with E-state index in [1.54, 1.807) is 6.92 Å². The molecule has 0 saturated heterocycles. The summed E-state index contributed by atoms with van der Waals surface area (Å²) < 4.78 is 6.79. The normalized spacial score (nSPS) is 12.0. The van der Waals surface area contributed by atoms with E-state index in [0.29, 0.717) is 5.16 Å². The smallest absolute Gasteiger partial charge is 0.318 e. The quantitative estimate of drug-likeness (QED) is 0.514. The van der Waals surface area contributed by atoms with Crippen molar-refractivity contribution in [1.82, 2.24) is 14.8 Å². The number of esters is 1. The van der Waals surface area contributed by atoms with Gasteiger partial charge in [-0.05, 0) is 32.0 Å². The molecule has 128 valence electrons. The number of para-hydroxylation sites is 1. The van der Waals surface area contributed by atoms with Gasteiger partial charge in [-0.15, -0.1) is 10.2 Å². The Hall–Kier alpha value is -2.60. The zero-order chi connectivity index (χ0) is 17.8. The molecule has 0 aliphatic carbocycles. The first-order valence-electron chi connectivity index (χ1n) is 7.92. The molecule has 0 saturated carbocycles. The Labute approximate surface area is 151 Å². The minimum Gasteiger partial charge on any atom is -0.468 e. The molecule has 0 bridgehead atoms. The van der Waals surface area contributed by atoms with E-state index in [9.17, 15) is 4.79 Å². The fraction of sp³-hybridized carbons (Fsp3) is 0.211. The molecule has 0 aliphatic heterocycles. The number of nitrogens with zero attached hydrogens (tertiary/aromatic N) is 3. The van der Waals surface area contributed by atoms with Gasteiger partial charge in [0.25, 0.3) is 0 Å².